The third-order valence-corrected chi connectivity index (χ3v) is 6.15. The Morgan fingerprint density at radius 3 is 2.61 bits per heavy atom. The number of hydrogen-bond donors (Lipinski definition) is 2. The first-order valence-corrected chi connectivity index (χ1v) is 9.84. The molecule has 7 heteroatoms. The van der Waals surface area contributed by atoms with Gasteiger partial charge in [0, 0.05) is 37.6 Å². The second-order valence-corrected chi connectivity index (χ2v) is 8.23. The van der Waals surface area contributed by atoms with Crippen LogP contribution in [0.4, 0.5) is 0 Å². The smallest absolute Gasteiger partial charge is 0.127 e. The Balaban J connectivity index is 1.40. The van der Waals surface area contributed by atoms with Gasteiger partial charge in [-0.15, -0.1) is 0 Å². The Hall–Kier alpha value is -1.93. The zero-order valence-electron chi connectivity index (χ0n) is 16.5. The van der Waals surface area contributed by atoms with E-state index in [4.69, 9.17) is 9.47 Å². The fraction of sp³-hybridized carbons (Fsp3) is 0.571. The van der Waals surface area contributed by atoms with Crippen molar-refractivity contribution >= 4 is 0 Å². The number of piperidine rings is 1. The molecule has 0 radical (unpaired) electrons. The molecule has 4 rings (SSSR count). The van der Waals surface area contributed by atoms with Gasteiger partial charge in [0.2, 0.25) is 0 Å². The van der Waals surface area contributed by atoms with Gasteiger partial charge in [-0.2, -0.15) is 0 Å². The second-order valence-electron chi connectivity index (χ2n) is 8.23. The number of nitrogens with zero attached hydrogens (tertiary/aromatic N) is 3. The van der Waals surface area contributed by atoms with Crippen LogP contribution in [0.1, 0.15) is 32.0 Å². The summed E-state index contributed by atoms with van der Waals surface area (Å²) < 4.78 is 13.3. The average molecular weight is 387 g/mol. The zero-order valence-corrected chi connectivity index (χ0v) is 16.5. The Labute approximate surface area is 165 Å². The first-order chi connectivity index (χ1) is 13.4. The topological polar surface area (TPSA) is 80.0 Å². The summed E-state index contributed by atoms with van der Waals surface area (Å²) >= 11 is 0. The molecule has 2 aliphatic heterocycles. The summed E-state index contributed by atoms with van der Waals surface area (Å²) in [6, 6.07) is 7.95. The quantitative estimate of drug-likeness (QED) is 0.832. The highest BCUT2D eigenvalue weighted by Crippen LogP contribution is 2.39. The number of hydrogen-bond acceptors (Lipinski definition) is 6. The van der Waals surface area contributed by atoms with Crippen molar-refractivity contribution in [2.75, 3.05) is 26.8 Å². The van der Waals surface area contributed by atoms with E-state index in [2.05, 4.69) is 14.5 Å². The number of imidazole rings is 1. The zero-order chi connectivity index (χ0) is 19.8. The summed E-state index contributed by atoms with van der Waals surface area (Å²) in [6.07, 6.45) is 5.17. The third-order valence-electron chi connectivity index (χ3n) is 6.15. The van der Waals surface area contributed by atoms with Gasteiger partial charge in [-0.05, 0) is 44.0 Å². The molecule has 0 aliphatic carbocycles. The van der Waals surface area contributed by atoms with Gasteiger partial charge < -0.3 is 24.3 Å². The van der Waals surface area contributed by atoms with E-state index in [0.717, 1.165) is 49.7 Å². The molecule has 2 N–H and O–H groups in total. The lowest BCUT2D eigenvalue weighted by Crippen LogP contribution is -2.59. The molecule has 2 saturated heterocycles. The van der Waals surface area contributed by atoms with Crippen LogP contribution in [0.2, 0.25) is 0 Å². The van der Waals surface area contributed by atoms with Gasteiger partial charge in [-0.1, -0.05) is 0 Å². The number of aliphatic hydroxyl groups is 2. The van der Waals surface area contributed by atoms with Crippen LogP contribution >= 0.6 is 0 Å². The number of benzene rings is 1. The molecule has 0 amide bonds. The molecule has 0 saturated carbocycles. The molecule has 0 bridgehead atoms. The van der Waals surface area contributed by atoms with Crippen LogP contribution in [0.25, 0.3) is 5.69 Å². The van der Waals surface area contributed by atoms with E-state index < -0.39 is 11.7 Å². The molecule has 1 aromatic heterocycles. The Morgan fingerprint density at radius 2 is 1.96 bits per heavy atom. The Kier molecular flexibility index (Phi) is 5.18. The molecule has 3 heterocycles. The predicted octanol–water partition coefficient (Wildman–Crippen LogP) is 1.75. The molecule has 2 aromatic rings. The summed E-state index contributed by atoms with van der Waals surface area (Å²) in [4.78, 5) is 6.92. The monoisotopic (exact) mass is 387 g/mol. The summed E-state index contributed by atoms with van der Waals surface area (Å²) in [5.74, 6) is 1.83. The summed E-state index contributed by atoms with van der Waals surface area (Å²) in [5.41, 5.74) is -0.349. The van der Waals surface area contributed by atoms with Gasteiger partial charge in [-0.3, -0.25) is 4.90 Å². The fourth-order valence-electron chi connectivity index (χ4n) is 4.33. The van der Waals surface area contributed by atoms with Gasteiger partial charge in [-0.25, -0.2) is 4.98 Å². The molecule has 1 spiro atoms. The maximum Gasteiger partial charge on any atom is 0.127 e. The van der Waals surface area contributed by atoms with E-state index in [1.165, 1.54) is 0 Å². The van der Waals surface area contributed by atoms with Crippen molar-refractivity contribution in [3.05, 3.63) is 42.5 Å². The number of ether oxygens (including phenoxy) is 2. The molecule has 152 valence electrons. The molecule has 2 atom stereocenters. The number of methoxy groups -OCH3 is 1. The summed E-state index contributed by atoms with van der Waals surface area (Å²) in [6.45, 7) is 4.42. The SMILES string of the molecule is COc1ccc(-n2ccnc2CN2CCC3(CC2)C[C@](C)(O)[C@@H](O)CO3)cc1. The molecule has 2 aliphatic rings. The van der Waals surface area contributed by atoms with E-state index in [-0.39, 0.29) is 12.2 Å². The van der Waals surface area contributed by atoms with Crippen molar-refractivity contribution in [1.29, 1.82) is 0 Å². The van der Waals surface area contributed by atoms with Crippen molar-refractivity contribution in [2.24, 2.45) is 0 Å². The van der Waals surface area contributed by atoms with Crippen LogP contribution < -0.4 is 4.74 Å². The minimum atomic E-state index is -1.08. The maximum atomic E-state index is 10.5. The molecule has 1 aromatic carbocycles. The summed E-state index contributed by atoms with van der Waals surface area (Å²) in [5, 5.41) is 20.4. The standard InChI is InChI=1S/C21H29N3O4/c1-20(26)15-21(28-14-18(20)25)7-10-23(11-8-21)13-19-22-9-12-24(19)16-3-5-17(27-2)6-4-16/h3-6,9,12,18,25-26H,7-8,10-11,13-15H2,1-2H3/t18-,20-/m0/s1. The second kappa shape index (κ2) is 7.48. The van der Waals surface area contributed by atoms with Crippen LogP contribution in [-0.4, -0.2) is 68.8 Å². The Bertz CT molecular complexity index is 794. The number of aromatic nitrogens is 2. The van der Waals surface area contributed by atoms with Gasteiger partial charge in [0.15, 0.2) is 0 Å². The highest BCUT2D eigenvalue weighted by atomic mass is 16.5. The normalized spacial score (nSPS) is 27.8. The molecule has 28 heavy (non-hydrogen) atoms. The van der Waals surface area contributed by atoms with Crippen molar-refractivity contribution in [3.8, 4) is 11.4 Å². The largest absolute Gasteiger partial charge is 0.497 e. The van der Waals surface area contributed by atoms with Crippen LogP contribution in [-0.2, 0) is 11.3 Å². The minimum absolute atomic E-state index is 0.203. The van der Waals surface area contributed by atoms with E-state index in [1.54, 1.807) is 14.0 Å². The Morgan fingerprint density at radius 1 is 1.25 bits per heavy atom. The van der Waals surface area contributed by atoms with Gasteiger partial charge in [0.1, 0.15) is 17.7 Å². The number of aliphatic hydroxyl groups excluding tert-OH is 1. The lowest BCUT2D eigenvalue weighted by molar-refractivity contribution is -0.223. The van der Waals surface area contributed by atoms with Crippen molar-refractivity contribution < 1.29 is 19.7 Å². The van der Waals surface area contributed by atoms with Crippen LogP contribution in [0.5, 0.6) is 5.75 Å². The van der Waals surface area contributed by atoms with Crippen LogP contribution in [0.15, 0.2) is 36.7 Å². The maximum absolute atomic E-state index is 10.5. The minimum Gasteiger partial charge on any atom is -0.497 e. The van der Waals surface area contributed by atoms with Crippen LogP contribution in [0.3, 0.4) is 0 Å². The van der Waals surface area contributed by atoms with E-state index >= 15 is 0 Å². The van der Waals surface area contributed by atoms with Gasteiger partial charge in [0.05, 0.1) is 31.5 Å². The van der Waals surface area contributed by atoms with Crippen molar-refractivity contribution in [1.82, 2.24) is 14.5 Å². The van der Waals surface area contributed by atoms with Gasteiger partial charge >= 0.3 is 0 Å². The molecule has 2 fully saturated rings. The molecular weight excluding hydrogens is 358 g/mol. The van der Waals surface area contributed by atoms with Crippen LogP contribution in [0, 0.1) is 0 Å². The van der Waals surface area contributed by atoms with Crippen molar-refractivity contribution in [3.63, 3.8) is 0 Å². The lowest BCUT2D eigenvalue weighted by atomic mass is 9.76. The fourth-order valence-corrected chi connectivity index (χ4v) is 4.33. The lowest BCUT2D eigenvalue weighted by Gasteiger charge is -2.49. The van der Waals surface area contributed by atoms with Crippen molar-refractivity contribution in [2.45, 2.75) is 50.0 Å². The first kappa shape index (κ1) is 19.4. The molecule has 7 nitrogen and oxygen atoms in total. The third kappa shape index (κ3) is 3.80. The predicted molar refractivity (Wildman–Crippen MR) is 105 cm³/mol. The highest BCUT2D eigenvalue weighted by Gasteiger charge is 2.48. The average Bonchev–Trinajstić information content (AvgIpc) is 3.15. The molecule has 0 unspecified atom stereocenters. The van der Waals surface area contributed by atoms with E-state index in [9.17, 15) is 10.2 Å². The van der Waals surface area contributed by atoms with Gasteiger partial charge in [0.25, 0.3) is 0 Å². The first-order valence-electron chi connectivity index (χ1n) is 9.84. The number of likely N-dealkylation sites (tertiary alicyclic amines) is 1. The molecular formula is C21H29N3O4. The van der Waals surface area contributed by atoms with E-state index in [0.29, 0.717) is 6.42 Å². The van der Waals surface area contributed by atoms with E-state index in [1.807, 2.05) is 36.7 Å². The highest BCUT2D eigenvalue weighted by molar-refractivity contribution is 5.38. The summed E-state index contributed by atoms with van der Waals surface area (Å²) in [7, 11) is 1.66. The number of rotatable bonds is 4.